The second-order valence-corrected chi connectivity index (χ2v) is 7.83. The Labute approximate surface area is 190 Å². The smallest absolute Gasteiger partial charge is 0.344 e. The third kappa shape index (κ3) is 3.89. The maximum absolute atomic E-state index is 13.3. The first-order valence-corrected chi connectivity index (χ1v) is 11.3. The van der Waals surface area contributed by atoms with Crippen molar-refractivity contribution in [3.05, 3.63) is 84.1 Å². The minimum absolute atomic E-state index is 0.337. The molecule has 0 bridgehead atoms. The second-order valence-electron chi connectivity index (χ2n) is 7.83. The SMILES string of the molecule is CCN(CC)c1ccc(-c2ccccc2C(=O)Oc2c(C)n(CC)c3ccccc23)cc1. The molecular weight excluding hydrogens is 396 g/mol. The molecule has 0 N–H and O–H groups in total. The standard InChI is InChI=1S/C28H30N2O2/c1-5-29(6-2)22-18-16-21(17-19-22)23-12-8-9-13-24(23)28(31)32-27-20(4)30(7-3)26-15-11-10-14-25(26)27/h8-19H,5-7H2,1-4H3. The third-order valence-electron chi connectivity index (χ3n) is 6.14. The van der Waals surface area contributed by atoms with Gasteiger partial charge in [0.15, 0.2) is 5.75 Å². The average molecular weight is 427 g/mol. The van der Waals surface area contributed by atoms with Crippen LogP contribution in [0.2, 0.25) is 0 Å². The summed E-state index contributed by atoms with van der Waals surface area (Å²) < 4.78 is 8.19. The molecule has 4 rings (SSSR count). The lowest BCUT2D eigenvalue weighted by atomic mass is 9.99. The number of carbonyl (C=O) groups excluding carboxylic acids is 1. The summed E-state index contributed by atoms with van der Waals surface area (Å²) in [6.45, 7) is 11.2. The zero-order chi connectivity index (χ0) is 22.7. The van der Waals surface area contributed by atoms with E-state index >= 15 is 0 Å². The molecule has 4 aromatic rings. The van der Waals surface area contributed by atoms with E-state index in [4.69, 9.17) is 4.74 Å². The van der Waals surface area contributed by atoms with Crippen molar-refractivity contribution in [3.63, 3.8) is 0 Å². The summed E-state index contributed by atoms with van der Waals surface area (Å²) in [7, 11) is 0. The van der Waals surface area contributed by atoms with Crippen molar-refractivity contribution in [1.29, 1.82) is 0 Å². The van der Waals surface area contributed by atoms with Crippen LogP contribution < -0.4 is 9.64 Å². The highest BCUT2D eigenvalue weighted by molar-refractivity contribution is 6.00. The molecule has 0 atom stereocenters. The summed E-state index contributed by atoms with van der Waals surface area (Å²) in [5, 5.41) is 0.959. The lowest BCUT2D eigenvalue weighted by Crippen LogP contribution is -2.21. The van der Waals surface area contributed by atoms with Crippen LogP contribution in [0.25, 0.3) is 22.0 Å². The van der Waals surface area contributed by atoms with Gasteiger partial charge >= 0.3 is 5.97 Å². The normalized spacial score (nSPS) is 11.0. The molecule has 0 saturated carbocycles. The van der Waals surface area contributed by atoms with Gasteiger partial charge in [0.1, 0.15) is 0 Å². The first-order chi connectivity index (χ1) is 15.6. The van der Waals surface area contributed by atoms with E-state index in [1.165, 1.54) is 5.69 Å². The molecule has 164 valence electrons. The summed E-state index contributed by atoms with van der Waals surface area (Å²) in [6.07, 6.45) is 0. The maximum Gasteiger partial charge on any atom is 0.344 e. The number of hydrogen-bond acceptors (Lipinski definition) is 3. The minimum Gasteiger partial charge on any atom is -0.420 e. The number of ether oxygens (including phenoxy) is 1. The van der Waals surface area contributed by atoms with Crippen LogP contribution in [-0.4, -0.2) is 23.6 Å². The van der Waals surface area contributed by atoms with Crippen molar-refractivity contribution in [2.24, 2.45) is 0 Å². The molecule has 0 fully saturated rings. The fourth-order valence-corrected chi connectivity index (χ4v) is 4.44. The number of esters is 1. The Morgan fingerprint density at radius 2 is 1.53 bits per heavy atom. The van der Waals surface area contributed by atoms with Gasteiger partial charge in [-0.2, -0.15) is 0 Å². The van der Waals surface area contributed by atoms with Crippen LogP contribution in [0.15, 0.2) is 72.8 Å². The van der Waals surface area contributed by atoms with Crippen LogP contribution in [0.1, 0.15) is 36.8 Å². The third-order valence-corrected chi connectivity index (χ3v) is 6.14. The number of anilines is 1. The molecule has 1 aromatic heterocycles. The molecule has 4 nitrogen and oxygen atoms in total. The number of benzene rings is 3. The van der Waals surface area contributed by atoms with Crippen LogP contribution in [0, 0.1) is 6.92 Å². The van der Waals surface area contributed by atoms with Gasteiger partial charge in [0.25, 0.3) is 0 Å². The predicted molar refractivity (Wildman–Crippen MR) is 133 cm³/mol. The first-order valence-electron chi connectivity index (χ1n) is 11.3. The lowest BCUT2D eigenvalue weighted by Gasteiger charge is -2.21. The number of rotatable bonds is 7. The number of aromatic nitrogens is 1. The molecule has 0 aliphatic heterocycles. The van der Waals surface area contributed by atoms with Gasteiger partial charge in [-0.25, -0.2) is 4.79 Å². The van der Waals surface area contributed by atoms with E-state index in [9.17, 15) is 4.79 Å². The zero-order valence-electron chi connectivity index (χ0n) is 19.3. The largest absolute Gasteiger partial charge is 0.420 e. The van der Waals surface area contributed by atoms with E-state index < -0.39 is 0 Å². The van der Waals surface area contributed by atoms with Gasteiger partial charge in [0.2, 0.25) is 0 Å². The van der Waals surface area contributed by atoms with Crippen molar-refractivity contribution in [1.82, 2.24) is 4.57 Å². The van der Waals surface area contributed by atoms with E-state index in [0.29, 0.717) is 11.3 Å². The molecule has 0 unspecified atom stereocenters. The number of hydrogen-bond donors (Lipinski definition) is 0. The van der Waals surface area contributed by atoms with E-state index in [0.717, 1.165) is 47.4 Å². The fraction of sp³-hybridized carbons (Fsp3) is 0.250. The maximum atomic E-state index is 13.3. The summed E-state index contributed by atoms with van der Waals surface area (Å²) >= 11 is 0. The molecule has 0 saturated heterocycles. The average Bonchev–Trinajstić information content (AvgIpc) is 3.11. The first kappa shape index (κ1) is 21.7. The van der Waals surface area contributed by atoms with Crippen LogP contribution in [-0.2, 0) is 6.54 Å². The topological polar surface area (TPSA) is 34.5 Å². The van der Waals surface area contributed by atoms with Gasteiger partial charge in [0.05, 0.1) is 16.8 Å². The summed E-state index contributed by atoms with van der Waals surface area (Å²) in [5.41, 5.74) is 5.66. The molecule has 0 aliphatic carbocycles. The Morgan fingerprint density at radius 1 is 0.875 bits per heavy atom. The van der Waals surface area contributed by atoms with Crippen molar-refractivity contribution in [2.45, 2.75) is 34.2 Å². The molecule has 0 amide bonds. The Balaban J connectivity index is 1.69. The van der Waals surface area contributed by atoms with Gasteiger partial charge in [-0.3, -0.25) is 0 Å². The summed E-state index contributed by atoms with van der Waals surface area (Å²) in [4.78, 5) is 15.6. The Kier molecular flexibility index (Phi) is 6.31. The van der Waals surface area contributed by atoms with Crippen molar-refractivity contribution in [2.75, 3.05) is 18.0 Å². The van der Waals surface area contributed by atoms with Crippen LogP contribution in [0.5, 0.6) is 5.75 Å². The molecule has 1 heterocycles. The molecule has 0 spiro atoms. The van der Waals surface area contributed by atoms with Crippen LogP contribution in [0.4, 0.5) is 5.69 Å². The number of carbonyl (C=O) groups is 1. The number of para-hydroxylation sites is 1. The Hall–Kier alpha value is -3.53. The summed E-state index contributed by atoms with van der Waals surface area (Å²) in [6, 6.07) is 24.1. The molecular formula is C28H30N2O2. The van der Waals surface area contributed by atoms with E-state index in [2.05, 4.69) is 60.6 Å². The fourth-order valence-electron chi connectivity index (χ4n) is 4.44. The lowest BCUT2D eigenvalue weighted by molar-refractivity contribution is 0.0736. The number of nitrogens with zero attached hydrogens (tertiary/aromatic N) is 2. The van der Waals surface area contributed by atoms with Crippen molar-refractivity contribution < 1.29 is 9.53 Å². The highest BCUT2D eigenvalue weighted by Crippen LogP contribution is 2.34. The highest BCUT2D eigenvalue weighted by atomic mass is 16.5. The molecule has 0 radical (unpaired) electrons. The van der Waals surface area contributed by atoms with Gasteiger partial charge in [-0.1, -0.05) is 42.5 Å². The summed E-state index contributed by atoms with van der Waals surface area (Å²) in [5.74, 6) is 0.301. The quantitative estimate of drug-likeness (QED) is 0.308. The van der Waals surface area contributed by atoms with E-state index in [1.54, 1.807) is 0 Å². The zero-order valence-corrected chi connectivity index (χ0v) is 19.3. The Morgan fingerprint density at radius 3 is 2.22 bits per heavy atom. The number of fused-ring (bicyclic) bond motifs is 1. The van der Waals surface area contributed by atoms with E-state index in [-0.39, 0.29) is 5.97 Å². The van der Waals surface area contributed by atoms with Crippen molar-refractivity contribution >= 4 is 22.6 Å². The van der Waals surface area contributed by atoms with Gasteiger partial charge in [0, 0.05) is 30.7 Å². The second kappa shape index (κ2) is 9.31. The van der Waals surface area contributed by atoms with E-state index in [1.807, 2.05) is 49.4 Å². The van der Waals surface area contributed by atoms with Crippen molar-refractivity contribution in [3.8, 4) is 16.9 Å². The monoisotopic (exact) mass is 426 g/mol. The molecule has 0 aliphatic rings. The van der Waals surface area contributed by atoms with Crippen LogP contribution in [0.3, 0.4) is 0 Å². The molecule has 4 heteroatoms. The predicted octanol–water partition coefficient (Wildman–Crippen LogP) is 6.70. The van der Waals surface area contributed by atoms with Crippen LogP contribution >= 0.6 is 0 Å². The van der Waals surface area contributed by atoms with Gasteiger partial charge < -0.3 is 14.2 Å². The Bertz CT molecular complexity index is 1230. The van der Waals surface area contributed by atoms with Gasteiger partial charge in [-0.05, 0) is 69.2 Å². The molecule has 3 aromatic carbocycles. The van der Waals surface area contributed by atoms with Gasteiger partial charge in [-0.15, -0.1) is 0 Å². The number of aryl methyl sites for hydroxylation is 1. The highest BCUT2D eigenvalue weighted by Gasteiger charge is 2.20. The molecule has 32 heavy (non-hydrogen) atoms. The minimum atomic E-state index is -0.337.